The minimum absolute atomic E-state index is 0.00827. The maximum atomic E-state index is 11.8. The number of rotatable bonds is 4. The summed E-state index contributed by atoms with van der Waals surface area (Å²) in [4.78, 5) is 11.8. The summed E-state index contributed by atoms with van der Waals surface area (Å²) in [5.74, 6) is 0.863. The van der Waals surface area contributed by atoms with Gasteiger partial charge < -0.3 is 15.1 Å². The number of anilines is 1. The van der Waals surface area contributed by atoms with E-state index in [1.165, 1.54) is 0 Å². The first-order chi connectivity index (χ1) is 9.13. The van der Waals surface area contributed by atoms with Crippen molar-refractivity contribution in [3.63, 3.8) is 0 Å². The predicted molar refractivity (Wildman–Crippen MR) is 83.2 cm³/mol. The molecule has 4 nitrogen and oxygen atoms in total. The molecule has 1 aromatic heterocycles. The van der Waals surface area contributed by atoms with E-state index in [9.17, 15) is 4.79 Å². The van der Waals surface area contributed by atoms with Crippen molar-refractivity contribution in [2.75, 3.05) is 5.32 Å². The fraction of sp³-hybridized carbons (Fsp3) is 0.214. The van der Waals surface area contributed by atoms with Gasteiger partial charge in [0.2, 0.25) is 0 Å². The number of halogens is 1. The third-order valence-corrected chi connectivity index (χ3v) is 3.22. The van der Waals surface area contributed by atoms with Gasteiger partial charge in [-0.15, -0.1) is 0 Å². The van der Waals surface area contributed by atoms with E-state index in [1.807, 2.05) is 43.3 Å². The number of furan rings is 1. The van der Waals surface area contributed by atoms with Crippen LogP contribution in [0.5, 0.6) is 0 Å². The highest BCUT2D eigenvalue weighted by molar-refractivity contribution is 14.1. The Kier molecular flexibility index (Phi) is 4.84. The van der Waals surface area contributed by atoms with Gasteiger partial charge in [0.25, 0.3) is 0 Å². The lowest BCUT2D eigenvalue weighted by Gasteiger charge is -2.13. The molecule has 0 saturated carbocycles. The second-order valence-electron chi connectivity index (χ2n) is 4.29. The highest BCUT2D eigenvalue weighted by atomic mass is 127. The lowest BCUT2D eigenvalue weighted by Crippen LogP contribution is -2.37. The molecule has 0 aliphatic rings. The van der Waals surface area contributed by atoms with E-state index in [2.05, 4.69) is 33.2 Å². The second kappa shape index (κ2) is 6.60. The smallest absolute Gasteiger partial charge is 0.319 e. The summed E-state index contributed by atoms with van der Waals surface area (Å²) in [7, 11) is 0. The topological polar surface area (TPSA) is 54.3 Å². The molecule has 2 aromatic rings. The molecule has 0 bridgehead atoms. The van der Waals surface area contributed by atoms with Crippen molar-refractivity contribution in [1.29, 1.82) is 0 Å². The lowest BCUT2D eigenvalue weighted by atomic mass is 10.2. The fourth-order valence-electron chi connectivity index (χ4n) is 1.74. The zero-order valence-electron chi connectivity index (χ0n) is 10.5. The maximum Gasteiger partial charge on any atom is 0.319 e. The molecule has 19 heavy (non-hydrogen) atoms. The molecule has 0 radical (unpaired) electrons. The Balaban J connectivity index is 1.84. The van der Waals surface area contributed by atoms with Crippen molar-refractivity contribution in [1.82, 2.24) is 5.32 Å². The first-order valence-corrected chi connectivity index (χ1v) is 7.07. The van der Waals surface area contributed by atoms with E-state index >= 15 is 0 Å². The minimum Gasteiger partial charge on any atom is -0.469 e. The van der Waals surface area contributed by atoms with Crippen molar-refractivity contribution in [2.45, 2.75) is 19.4 Å². The number of benzene rings is 1. The molecule has 0 saturated heterocycles. The summed E-state index contributed by atoms with van der Waals surface area (Å²) in [6, 6.07) is 11.2. The van der Waals surface area contributed by atoms with Gasteiger partial charge in [-0.1, -0.05) is 6.07 Å². The van der Waals surface area contributed by atoms with Crippen LogP contribution in [0.1, 0.15) is 12.7 Å². The number of hydrogen-bond donors (Lipinski definition) is 2. The molecule has 0 fully saturated rings. The monoisotopic (exact) mass is 370 g/mol. The molecular weight excluding hydrogens is 355 g/mol. The maximum absolute atomic E-state index is 11.8. The molecular formula is C14H15IN2O2. The Hall–Kier alpha value is -1.50. The van der Waals surface area contributed by atoms with Crippen LogP contribution >= 0.6 is 22.6 Å². The molecule has 1 atom stereocenters. The van der Waals surface area contributed by atoms with Gasteiger partial charge in [-0.3, -0.25) is 0 Å². The van der Waals surface area contributed by atoms with Crippen LogP contribution in [-0.4, -0.2) is 12.1 Å². The van der Waals surface area contributed by atoms with Gasteiger partial charge in [0.15, 0.2) is 0 Å². The number of amides is 2. The van der Waals surface area contributed by atoms with E-state index in [-0.39, 0.29) is 12.1 Å². The van der Waals surface area contributed by atoms with Crippen molar-refractivity contribution < 1.29 is 9.21 Å². The number of carbonyl (C=O) groups excluding carboxylic acids is 1. The first-order valence-electron chi connectivity index (χ1n) is 5.99. The number of hydrogen-bond acceptors (Lipinski definition) is 2. The Morgan fingerprint density at radius 1 is 1.37 bits per heavy atom. The van der Waals surface area contributed by atoms with Crippen LogP contribution < -0.4 is 10.6 Å². The summed E-state index contributed by atoms with van der Waals surface area (Å²) in [5.41, 5.74) is 0.787. The van der Waals surface area contributed by atoms with E-state index in [4.69, 9.17) is 4.42 Å². The molecule has 1 unspecified atom stereocenters. The Labute approximate surface area is 125 Å². The van der Waals surface area contributed by atoms with Gasteiger partial charge in [-0.05, 0) is 59.8 Å². The van der Waals surface area contributed by atoms with Gasteiger partial charge in [-0.25, -0.2) is 4.79 Å². The van der Waals surface area contributed by atoms with E-state index in [1.54, 1.807) is 6.26 Å². The van der Waals surface area contributed by atoms with Crippen molar-refractivity contribution in [3.8, 4) is 0 Å². The second-order valence-corrected chi connectivity index (χ2v) is 5.54. The molecule has 2 N–H and O–H groups in total. The van der Waals surface area contributed by atoms with Crippen LogP contribution in [-0.2, 0) is 6.42 Å². The number of nitrogens with one attached hydrogen (secondary N) is 2. The summed E-state index contributed by atoms with van der Waals surface area (Å²) in [6.45, 7) is 1.94. The molecule has 2 rings (SSSR count). The number of carbonyl (C=O) groups is 1. The molecule has 2 amide bonds. The van der Waals surface area contributed by atoms with Crippen LogP contribution in [0.25, 0.3) is 0 Å². The average molecular weight is 370 g/mol. The zero-order chi connectivity index (χ0) is 13.7. The Bertz CT molecular complexity index is 540. The van der Waals surface area contributed by atoms with Gasteiger partial charge in [0, 0.05) is 21.7 Å². The Morgan fingerprint density at radius 3 is 2.89 bits per heavy atom. The molecule has 1 aromatic carbocycles. The summed E-state index contributed by atoms with van der Waals surface area (Å²) >= 11 is 2.21. The van der Waals surface area contributed by atoms with Crippen molar-refractivity contribution in [2.24, 2.45) is 0 Å². The fourth-order valence-corrected chi connectivity index (χ4v) is 2.28. The van der Waals surface area contributed by atoms with Crippen molar-refractivity contribution >= 4 is 34.3 Å². The Morgan fingerprint density at radius 2 is 2.21 bits per heavy atom. The molecule has 0 aliphatic carbocycles. The van der Waals surface area contributed by atoms with Crippen LogP contribution in [0.15, 0.2) is 47.1 Å². The normalized spacial score (nSPS) is 11.9. The molecule has 1 heterocycles. The van der Waals surface area contributed by atoms with Crippen LogP contribution in [0.2, 0.25) is 0 Å². The summed E-state index contributed by atoms with van der Waals surface area (Å²) in [5, 5.41) is 5.68. The lowest BCUT2D eigenvalue weighted by molar-refractivity contribution is 0.248. The van der Waals surface area contributed by atoms with Crippen molar-refractivity contribution in [3.05, 3.63) is 52.0 Å². The highest BCUT2D eigenvalue weighted by Gasteiger charge is 2.09. The van der Waals surface area contributed by atoms with Gasteiger partial charge in [0.05, 0.1) is 6.26 Å². The van der Waals surface area contributed by atoms with E-state index in [0.29, 0.717) is 6.42 Å². The van der Waals surface area contributed by atoms with Gasteiger partial charge in [-0.2, -0.15) is 0 Å². The third kappa shape index (κ3) is 4.59. The summed E-state index contributed by atoms with van der Waals surface area (Å²) < 4.78 is 6.33. The van der Waals surface area contributed by atoms with Crippen LogP contribution in [0.3, 0.4) is 0 Å². The molecule has 0 aliphatic heterocycles. The molecule has 100 valence electrons. The zero-order valence-corrected chi connectivity index (χ0v) is 12.7. The average Bonchev–Trinajstić information content (AvgIpc) is 2.81. The van der Waals surface area contributed by atoms with E-state index < -0.39 is 0 Å². The van der Waals surface area contributed by atoms with Crippen LogP contribution in [0, 0.1) is 3.57 Å². The highest BCUT2D eigenvalue weighted by Crippen LogP contribution is 2.12. The first kappa shape index (κ1) is 13.9. The third-order valence-electron chi connectivity index (χ3n) is 2.55. The quantitative estimate of drug-likeness (QED) is 0.808. The predicted octanol–water partition coefficient (Wildman–Crippen LogP) is 3.64. The molecule has 5 heteroatoms. The SMILES string of the molecule is CC(Cc1ccco1)NC(=O)Nc1cccc(I)c1. The van der Waals surface area contributed by atoms with Gasteiger partial charge in [0.1, 0.15) is 5.76 Å². The molecule has 0 spiro atoms. The van der Waals surface area contributed by atoms with Gasteiger partial charge >= 0.3 is 6.03 Å². The van der Waals surface area contributed by atoms with E-state index in [0.717, 1.165) is 15.0 Å². The van der Waals surface area contributed by atoms with Crippen LogP contribution in [0.4, 0.5) is 10.5 Å². The minimum atomic E-state index is -0.207. The summed E-state index contributed by atoms with van der Waals surface area (Å²) in [6.07, 6.45) is 2.31. The number of urea groups is 1. The standard InChI is InChI=1S/C14H15IN2O2/c1-10(8-13-6-3-7-19-13)16-14(18)17-12-5-2-4-11(15)9-12/h2-7,9-10H,8H2,1H3,(H2,16,17,18). The largest absolute Gasteiger partial charge is 0.469 e.